The second-order valence-corrected chi connectivity index (χ2v) is 3.63. The molecule has 1 unspecified atom stereocenters. The number of rotatable bonds is 3. The predicted octanol–water partition coefficient (Wildman–Crippen LogP) is 1.34. The van der Waals surface area contributed by atoms with Crippen molar-refractivity contribution < 1.29 is 9.53 Å². The Hall–Kier alpha value is -0.940. The zero-order valence-corrected chi connectivity index (χ0v) is 8.43. The molecule has 2 N–H and O–H groups in total. The molecule has 0 aliphatic carbocycles. The van der Waals surface area contributed by atoms with Crippen LogP contribution in [0.2, 0.25) is 0 Å². The zero-order valence-electron chi connectivity index (χ0n) is 7.61. The van der Waals surface area contributed by atoms with Gasteiger partial charge >= 0.3 is 5.97 Å². The number of hydrogen-bond donors (Lipinski definition) is 1. The first-order valence-electron chi connectivity index (χ1n) is 4.03. The summed E-state index contributed by atoms with van der Waals surface area (Å²) in [5, 5.41) is 0.753. The highest BCUT2D eigenvalue weighted by atomic mass is 32.1. The number of esters is 1. The normalized spacial score (nSPS) is 12.5. The third kappa shape index (κ3) is 2.50. The first kappa shape index (κ1) is 10.1. The molecule has 1 heterocycles. The van der Waals surface area contributed by atoms with Gasteiger partial charge in [0.25, 0.3) is 0 Å². The summed E-state index contributed by atoms with van der Waals surface area (Å²) in [6.07, 6.45) is 1.50. The third-order valence-electron chi connectivity index (χ3n) is 1.39. The number of nitrogens with zero attached hydrogens (tertiary/aromatic N) is 1. The highest BCUT2D eigenvalue weighted by Gasteiger charge is 2.12. The van der Waals surface area contributed by atoms with Crippen molar-refractivity contribution in [1.29, 1.82) is 0 Å². The molecule has 1 rings (SSSR count). The first-order valence-corrected chi connectivity index (χ1v) is 4.85. The lowest BCUT2D eigenvalue weighted by molar-refractivity contribution is 0.0532. The van der Waals surface area contributed by atoms with Crippen LogP contribution in [0.4, 0.5) is 0 Å². The van der Waals surface area contributed by atoms with Gasteiger partial charge in [0.2, 0.25) is 0 Å². The van der Waals surface area contributed by atoms with Crippen molar-refractivity contribution in [1.82, 2.24) is 4.98 Å². The molecule has 0 saturated heterocycles. The Balaban J connectivity index is 2.73. The molecule has 0 fully saturated rings. The van der Waals surface area contributed by atoms with Crippen LogP contribution in [0.25, 0.3) is 0 Å². The van der Waals surface area contributed by atoms with Crippen LogP contribution in [0.1, 0.15) is 34.6 Å². The summed E-state index contributed by atoms with van der Waals surface area (Å²) in [6, 6.07) is -0.131. The summed E-state index contributed by atoms with van der Waals surface area (Å²) in [7, 11) is 0. The molecular weight excluding hydrogens is 188 g/mol. The Kier molecular flexibility index (Phi) is 3.39. The molecule has 4 nitrogen and oxygen atoms in total. The van der Waals surface area contributed by atoms with Crippen LogP contribution in [0.15, 0.2) is 6.20 Å². The smallest absolute Gasteiger partial charge is 0.349 e. The lowest BCUT2D eigenvalue weighted by Crippen LogP contribution is -2.03. The fraction of sp³-hybridized carbons (Fsp3) is 0.500. The number of carbonyl (C=O) groups excluding carboxylic acids is 1. The number of hydrogen-bond acceptors (Lipinski definition) is 5. The third-order valence-corrected chi connectivity index (χ3v) is 2.57. The van der Waals surface area contributed by atoms with Crippen LogP contribution in [0, 0.1) is 0 Å². The Bertz CT molecular complexity index is 296. The van der Waals surface area contributed by atoms with Crippen LogP contribution in [-0.2, 0) is 4.74 Å². The maximum Gasteiger partial charge on any atom is 0.349 e. The summed E-state index contributed by atoms with van der Waals surface area (Å²) >= 11 is 1.28. The van der Waals surface area contributed by atoms with E-state index in [1.54, 1.807) is 6.92 Å². The second kappa shape index (κ2) is 4.34. The molecule has 1 aromatic rings. The molecule has 1 atom stereocenters. The monoisotopic (exact) mass is 200 g/mol. The molecule has 0 radical (unpaired) electrons. The predicted molar refractivity (Wildman–Crippen MR) is 50.7 cm³/mol. The summed E-state index contributed by atoms with van der Waals surface area (Å²) in [5.41, 5.74) is 5.60. The van der Waals surface area contributed by atoms with E-state index in [-0.39, 0.29) is 12.0 Å². The molecule has 0 aliphatic heterocycles. The average Bonchev–Trinajstić information content (AvgIpc) is 2.52. The Morgan fingerprint density at radius 3 is 3.00 bits per heavy atom. The van der Waals surface area contributed by atoms with Crippen molar-refractivity contribution in [2.75, 3.05) is 6.61 Å². The Labute approximate surface area is 80.7 Å². The lowest BCUT2D eigenvalue weighted by atomic mass is 10.4. The molecule has 0 aromatic carbocycles. The summed E-state index contributed by atoms with van der Waals surface area (Å²) in [6.45, 7) is 3.98. The second-order valence-electron chi connectivity index (χ2n) is 2.57. The van der Waals surface area contributed by atoms with Crippen LogP contribution >= 0.6 is 11.3 Å². The molecule has 0 bridgehead atoms. The lowest BCUT2D eigenvalue weighted by Gasteiger charge is -1.97. The fourth-order valence-corrected chi connectivity index (χ4v) is 1.56. The van der Waals surface area contributed by atoms with Crippen LogP contribution in [-0.4, -0.2) is 17.6 Å². The number of carbonyl (C=O) groups is 1. The van der Waals surface area contributed by atoms with Gasteiger partial charge in [0.15, 0.2) is 0 Å². The van der Waals surface area contributed by atoms with Gasteiger partial charge in [0.1, 0.15) is 9.88 Å². The van der Waals surface area contributed by atoms with Crippen LogP contribution in [0.5, 0.6) is 0 Å². The maximum atomic E-state index is 11.2. The van der Waals surface area contributed by atoms with Crippen molar-refractivity contribution in [3.63, 3.8) is 0 Å². The molecule has 13 heavy (non-hydrogen) atoms. The molecule has 0 aliphatic rings. The summed E-state index contributed by atoms with van der Waals surface area (Å²) in [5.74, 6) is -0.327. The summed E-state index contributed by atoms with van der Waals surface area (Å²) < 4.78 is 4.81. The van der Waals surface area contributed by atoms with E-state index in [2.05, 4.69) is 4.98 Å². The average molecular weight is 200 g/mol. The van der Waals surface area contributed by atoms with E-state index in [1.165, 1.54) is 17.5 Å². The van der Waals surface area contributed by atoms with Gasteiger partial charge in [-0.1, -0.05) is 0 Å². The first-order chi connectivity index (χ1) is 6.15. The minimum absolute atomic E-state index is 0.131. The van der Waals surface area contributed by atoms with Gasteiger partial charge in [-0.05, 0) is 13.8 Å². The van der Waals surface area contributed by atoms with Gasteiger partial charge < -0.3 is 10.5 Å². The fourth-order valence-electron chi connectivity index (χ4n) is 0.795. The van der Waals surface area contributed by atoms with Crippen molar-refractivity contribution in [2.45, 2.75) is 19.9 Å². The Morgan fingerprint density at radius 2 is 2.54 bits per heavy atom. The molecule has 0 spiro atoms. The van der Waals surface area contributed by atoms with Gasteiger partial charge in [0.05, 0.1) is 18.8 Å². The molecule has 1 aromatic heterocycles. The van der Waals surface area contributed by atoms with Gasteiger partial charge in [0, 0.05) is 0 Å². The Morgan fingerprint density at radius 1 is 1.85 bits per heavy atom. The van der Waals surface area contributed by atoms with Crippen molar-refractivity contribution in [3.8, 4) is 0 Å². The van der Waals surface area contributed by atoms with E-state index < -0.39 is 0 Å². The van der Waals surface area contributed by atoms with Crippen molar-refractivity contribution in [2.24, 2.45) is 5.73 Å². The van der Waals surface area contributed by atoms with E-state index >= 15 is 0 Å². The summed E-state index contributed by atoms with van der Waals surface area (Å²) in [4.78, 5) is 15.7. The minimum Gasteiger partial charge on any atom is -0.462 e. The molecule has 0 amide bonds. The molecular formula is C8H12N2O2S. The van der Waals surface area contributed by atoms with E-state index in [9.17, 15) is 4.79 Å². The minimum atomic E-state index is -0.327. The largest absolute Gasteiger partial charge is 0.462 e. The number of aromatic nitrogens is 1. The zero-order chi connectivity index (χ0) is 9.84. The van der Waals surface area contributed by atoms with Gasteiger partial charge in [-0.2, -0.15) is 0 Å². The van der Waals surface area contributed by atoms with Gasteiger partial charge in [-0.25, -0.2) is 9.78 Å². The van der Waals surface area contributed by atoms with E-state index in [4.69, 9.17) is 10.5 Å². The standard InChI is InChI=1S/C8H12N2O2S/c1-3-12-8(11)6-4-10-7(13-6)5(2)9/h4-5H,3,9H2,1-2H3. The van der Waals surface area contributed by atoms with Crippen LogP contribution < -0.4 is 5.73 Å². The van der Waals surface area contributed by atoms with E-state index in [1.807, 2.05) is 6.92 Å². The topological polar surface area (TPSA) is 65.2 Å². The van der Waals surface area contributed by atoms with Gasteiger partial charge in [-0.15, -0.1) is 11.3 Å². The van der Waals surface area contributed by atoms with Gasteiger partial charge in [-0.3, -0.25) is 0 Å². The van der Waals surface area contributed by atoms with Crippen molar-refractivity contribution >= 4 is 17.3 Å². The highest BCUT2D eigenvalue weighted by Crippen LogP contribution is 2.18. The maximum absolute atomic E-state index is 11.2. The van der Waals surface area contributed by atoms with Crippen LogP contribution in [0.3, 0.4) is 0 Å². The molecule has 5 heteroatoms. The molecule has 0 saturated carbocycles. The number of ether oxygens (including phenoxy) is 1. The molecule has 72 valence electrons. The van der Waals surface area contributed by atoms with E-state index in [0.29, 0.717) is 11.5 Å². The highest BCUT2D eigenvalue weighted by molar-refractivity contribution is 7.13. The number of nitrogens with two attached hydrogens (primary N) is 1. The number of thiazole rings is 1. The van der Waals surface area contributed by atoms with E-state index in [0.717, 1.165) is 5.01 Å². The SMILES string of the molecule is CCOC(=O)c1cnc(C(C)N)s1. The quantitative estimate of drug-likeness (QED) is 0.748. The van der Waals surface area contributed by atoms with Crippen molar-refractivity contribution in [3.05, 3.63) is 16.1 Å².